The van der Waals surface area contributed by atoms with Crippen molar-refractivity contribution in [3.63, 3.8) is 0 Å². The molecule has 0 spiro atoms. The summed E-state index contributed by atoms with van der Waals surface area (Å²) >= 11 is 1.000. The molecule has 0 atom stereocenters. The molecular formula is C25H30N2O8S. The van der Waals surface area contributed by atoms with Crippen molar-refractivity contribution in [1.82, 2.24) is 4.90 Å². The number of carboxylic acid groups (broad SMARTS) is 2. The number of likely N-dealkylation sites (tertiary alicyclic amines) is 1. The fourth-order valence-corrected chi connectivity index (χ4v) is 4.92. The highest BCUT2D eigenvalue weighted by molar-refractivity contribution is 7.18. The molecule has 1 aliphatic rings. The van der Waals surface area contributed by atoms with Gasteiger partial charge in [0.15, 0.2) is 11.5 Å². The number of rotatable bonds is 7. The number of nitrogens with zero attached hydrogens (tertiary/aromatic N) is 1. The minimum Gasteiger partial charge on any atom is -0.480 e. The molecule has 2 heterocycles. The first-order valence-electron chi connectivity index (χ1n) is 11.5. The highest BCUT2D eigenvalue weighted by Gasteiger charge is 2.30. The summed E-state index contributed by atoms with van der Waals surface area (Å²) in [5, 5.41) is 21.3. The monoisotopic (exact) mass is 518 g/mol. The van der Waals surface area contributed by atoms with Gasteiger partial charge in [-0.15, -0.1) is 11.3 Å². The molecule has 1 aromatic carbocycles. The highest BCUT2D eigenvalue weighted by Crippen LogP contribution is 2.41. The topological polar surface area (TPSA) is 142 Å². The number of carboxylic acids is 2. The van der Waals surface area contributed by atoms with Crippen LogP contribution in [0.25, 0.3) is 10.4 Å². The number of carbonyl (C=O) groups is 4. The number of carbonyl (C=O) groups excluding carboxylic acids is 2. The Morgan fingerprint density at radius 3 is 2.22 bits per heavy atom. The number of thiophene rings is 1. The Labute approximate surface area is 212 Å². The van der Waals surface area contributed by atoms with Gasteiger partial charge in [-0.2, -0.15) is 0 Å². The van der Waals surface area contributed by atoms with Gasteiger partial charge in [-0.1, -0.05) is 12.1 Å². The summed E-state index contributed by atoms with van der Waals surface area (Å²) in [7, 11) is 0. The predicted molar refractivity (Wildman–Crippen MR) is 134 cm³/mol. The number of amides is 2. The fourth-order valence-electron chi connectivity index (χ4n) is 3.82. The van der Waals surface area contributed by atoms with Gasteiger partial charge >= 0.3 is 18.0 Å². The van der Waals surface area contributed by atoms with Crippen LogP contribution in [0.3, 0.4) is 0 Å². The maximum atomic E-state index is 12.8. The molecule has 2 aromatic rings. The Morgan fingerprint density at radius 1 is 1.08 bits per heavy atom. The van der Waals surface area contributed by atoms with Crippen molar-refractivity contribution in [3.05, 3.63) is 34.7 Å². The number of anilines is 1. The van der Waals surface area contributed by atoms with Crippen molar-refractivity contribution >= 4 is 41.0 Å². The van der Waals surface area contributed by atoms with Crippen molar-refractivity contribution in [3.8, 4) is 16.2 Å². The van der Waals surface area contributed by atoms with E-state index < -0.39 is 24.1 Å². The molecular weight excluding hydrogens is 488 g/mol. The first-order chi connectivity index (χ1) is 16.9. The van der Waals surface area contributed by atoms with Gasteiger partial charge in [0, 0.05) is 35.1 Å². The van der Waals surface area contributed by atoms with Gasteiger partial charge < -0.3 is 29.9 Å². The Kier molecular flexibility index (Phi) is 8.24. The lowest BCUT2D eigenvalue weighted by Crippen LogP contribution is -2.43. The first-order valence-corrected chi connectivity index (χ1v) is 12.3. The van der Waals surface area contributed by atoms with E-state index in [9.17, 15) is 24.3 Å². The minimum atomic E-state index is -1.20. The van der Waals surface area contributed by atoms with Gasteiger partial charge in [0.1, 0.15) is 11.4 Å². The maximum Gasteiger partial charge on any atom is 0.410 e. The number of aliphatic carboxylic acids is 1. The zero-order valence-electron chi connectivity index (χ0n) is 20.6. The minimum absolute atomic E-state index is 0.0417. The summed E-state index contributed by atoms with van der Waals surface area (Å²) in [6.45, 7) is 7.37. The summed E-state index contributed by atoms with van der Waals surface area (Å²) < 4.78 is 10.6. The number of aromatic carboxylic acids is 1. The number of ether oxygens (including phenoxy) is 2. The van der Waals surface area contributed by atoms with Crippen molar-refractivity contribution < 1.29 is 38.9 Å². The van der Waals surface area contributed by atoms with Crippen LogP contribution in [0.4, 0.5) is 10.5 Å². The molecule has 1 saturated heterocycles. The molecule has 0 bridgehead atoms. The van der Waals surface area contributed by atoms with Crippen molar-refractivity contribution in [2.75, 3.05) is 25.0 Å². The van der Waals surface area contributed by atoms with Crippen LogP contribution >= 0.6 is 11.3 Å². The van der Waals surface area contributed by atoms with Gasteiger partial charge in [0.25, 0.3) is 0 Å². The predicted octanol–water partition coefficient (Wildman–Crippen LogP) is 4.47. The molecule has 1 fully saturated rings. The van der Waals surface area contributed by atoms with Crippen LogP contribution in [0.15, 0.2) is 24.3 Å². The molecule has 3 N–H and O–H groups in total. The summed E-state index contributed by atoms with van der Waals surface area (Å²) in [6.07, 6.45) is 0.701. The normalized spacial score (nSPS) is 14.3. The third kappa shape index (κ3) is 6.75. The first kappa shape index (κ1) is 27.0. The average Bonchev–Trinajstić information content (AvgIpc) is 3.13. The molecule has 36 heavy (non-hydrogen) atoms. The molecule has 10 nitrogen and oxygen atoms in total. The second-order valence-corrected chi connectivity index (χ2v) is 10.5. The Balaban J connectivity index is 1.63. The smallest absolute Gasteiger partial charge is 0.410 e. The molecule has 1 aliphatic heterocycles. The van der Waals surface area contributed by atoms with Crippen molar-refractivity contribution in [2.24, 2.45) is 5.92 Å². The molecule has 0 unspecified atom stereocenters. The number of hydrogen-bond donors (Lipinski definition) is 3. The van der Waals surface area contributed by atoms with E-state index in [-0.39, 0.29) is 28.5 Å². The van der Waals surface area contributed by atoms with E-state index in [4.69, 9.17) is 14.6 Å². The lowest BCUT2D eigenvalue weighted by Gasteiger charge is -2.32. The molecule has 2 amide bonds. The third-order valence-electron chi connectivity index (χ3n) is 5.56. The van der Waals surface area contributed by atoms with Gasteiger partial charge in [-0.3, -0.25) is 4.79 Å². The second kappa shape index (κ2) is 11.0. The summed E-state index contributed by atoms with van der Waals surface area (Å²) in [6, 6.07) is 6.96. The van der Waals surface area contributed by atoms with E-state index in [1.165, 1.54) is 0 Å². The zero-order valence-corrected chi connectivity index (χ0v) is 21.4. The van der Waals surface area contributed by atoms with Gasteiger partial charge in [0.05, 0.1) is 0 Å². The van der Waals surface area contributed by atoms with Gasteiger partial charge in [-0.05, 0) is 58.2 Å². The maximum absolute atomic E-state index is 12.8. The summed E-state index contributed by atoms with van der Waals surface area (Å²) in [5.41, 5.74) is 1.27. The van der Waals surface area contributed by atoms with E-state index in [2.05, 4.69) is 5.32 Å². The number of benzene rings is 1. The molecule has 1 aromatic heterocycles. The number of hydrogen-bond acceptors (Lipinski definition) is 7. The molecule has 194 valence electrons. The van der Waals surface area contributed by atoms with Crippen LogP contribution in [0.1, 0.15) is 48.8 Å². The Morgan fingerprint density at radius 2 is 1.69 bits per heavy atom. The Bertz CT molecular complexity index is 1140. The second-order valence-electron chi connectivity index (χ2n) is 9.51. The van der Waals surface area contributed by atoms with Gasteiger partial charge in [-0.25, -0.2) is 14.4 Å². The molecule has 0 saturated carbocycles. The van der Waals surface area contributed by atoms with Crippen LogP contribution in [-0.2, 0) is 14.3 Å². The van der Waals surface area contributed by atoms with E-state index in [0.717, 1.165) is 11.3 Å². The van der Waals surface area contributed by atoms with Gasteiger partial charge in [0.2, 0.25) is 5.91 Å². The number of nitrogens with one attached hydrogen (secondary N) is 1. The average molecular weight is 519 g/mol. The van der Waals surface area contributed by atoms with Crippen molar-refractivity contribution in [2.45, 2.75) is 46.1 Å². The largest absolute Gasteiger partial charge is 0.480 e. The Hall–Kier alpha value is -3.60. The lowest BCUT2D eigenvalue weighted by atomic mass is 9.96. The summed E-state index contributed by atoms with van der Waals surface area (Å²) in [5.74, 6) is -2.71. The highest BCUT2D eigenvalue weighted by atomic mass is 32.1. The summed E-state index contributed by atoms with van der Waals surface area (Å²) in [4.78, 5) is 49.6. The standard InChI is InChI=1S/C25H30N2O8S/c1-14-19(34-13-18(28)29)21(23(31)32)36-20(14)15-5-7-17(8-6-15)26-22(30)16-9-11-27(12-10-16)24(33)35-25(2,3)4/h5-8,16H,9-13H2,1-4H3,(H,26,30)(H,28,29)(H,31,32). The SMILES string of the molecule is Cc1c(-c2ccc(NC(=O)C3CCN(C(=O)OC(C)(C)C)CC3)cc2)sc(C(=O)O)c1OCC(=O)O. The molecule has 0 radical (unpaired) electrons. The quantitative estimate of drug-likeness (QED) is 0.487. The van der Waals surface area contributed by atoms with E-state index in [0.29, 0.717) is 47.6 Å². The molecule has 11 heteroatoms. The van der Waals surface area contributed by atoms with E-state index in [1.807, 2.05) is 20.8 Å². The lowest BCUT2D eigenvalue weighted by molar-refractivity contribution is -0.139. The third-order valence-corrected chi connectivity index (χ3v) is 6.87. The number of piperidine rings is 1. The van der Waals surface area contributed by atoms with E-state index >= 15 is 0 Å². The van der Waals surface area contributed by atoms with Crippen LogP contribution in [-0.4, -0.2) is 64.3 Å². The fraction of sp³-hybridized carbons (Fsp3) is 0.440. The van der Waals surface area contributed by atoms with Crippen LogP contribution < -0.4 is 10.1 Å². The molecule has 3 rings (SSSR count). The zero-order chi connectivity index (χ0) is 26.6. The van der Waals surface area contributed by atoms with E-state index in [1.54, 1.807) is 36.1 Å². The molecule has 0 aliphatic carbocycles. The van der Waals surface area contributed by atoms with Crippen LogP contribution in [0.2, 0.25) is 0 Å². The van der Waals surface area contributed by atoms with Crippen molar-refractivity contribution in [1.29, 1.82) is 0 Å². The van der Waals surface area contributed by atoms with Crippen LogP contribution in [0.5, 0.6) is 5.75 Å². The van der Waals surface area contributed by atoms with Crippen LogP contribution in [0, 0.1) is 12.8 Å².